The lowest BCUT2D eigenvalue weighted by Gasteiger charge is -2.36. The van der Waals surface area contributed by atoms with Gasteiger partial charge in [-0.15, -0.1) is 0 Å². The Morgan fingerprint density at radius 3 is 2.52 bits per heavy atom. The number of piperazine rings is 1. The Bertz CT molecular complexity index is 761. The molecule has 1 saturated heterocycles. The molecule has 2 aromatic rings. The van der Waals surface area contributed by atoms with Crippen LogP contribution >= 0.6 is 0 Å². The summed E-state index contributed by atoms with van der Waals surface area (Å²) in [7, 11) is 1.63. The second-order valence-corrected chi connectivity index (χ2v) is 6.62. The Morgan fingerprint density at radius 1 is 1.07 bits per heavy atom. The number of para-hydroxylation sites is 2. The molecule has 0 unspecified atom stereocenters. The largest absolute Gasteiger partial charge is 0.496 e. The van der Waals surface area contributed by atoms with E-state index in [1.54, 1.807) is 13.2 Å². The summed E-state index contributed by atoms with van der Waals surface area (Å²) in [6.45, 7) is 4.36. The summed E-state index contributed by atoms with van der Waals surface area (Å²) in [4.78, 5) is 16.5. The third-order valence-corrected chi connectivity index (χ3v) is 4.89. The van der Waals surface area contributed by atoms with E-state index in [1.807, 2.05) is 36.4 Å². The standard InChI is InChI=1S/C21H26FN3O2/c1-27-20-9-5-2-6-17(20)16-23-21(26)10-11-24-12-14-25(15-13-24)19-8-4-3-7-18(19)22/h2-9H,10-16H2,1H3,(H,23,26). The molecule has 6 heteroatoms. The fourth-order valence-electron chi connectivity index (χ4n) is 3.31. The van der Waals surface area contributed by atoms with Gasteiger partial charge in [0.25, 0.3) is 0 Å². The zero-order valence-electron chi connectivity index (χ0n) is 15.7. The lowest BCUT2D eigenvalue weighted by molar-refractivity contribution is -0.121. The van der Waals surface area contributed by atoms with Gasteiger partial charge in [-0.3, -0.25) is 9.69 Å². The molecule has 2 aromatic carbocycles. The van der Waals surface area contributed by atoms with E-state index in [-0.39, 0.29) is 11.7 Å². The van der Waals surface area contributed by atoms with E-state index in [2.05, 4.69) is 15.1 Å². The van der Waals surface area contributed by atoms with Crippen LogP contribution in [-0.4, -0.2) is 50.6 Å². The van der Waals surface area contributed by atoms with Crippen LogP contribution in [0.1, 0.15) is 12.0 Å². The number of nitrogens with zero attached hydrogens (tertiary/aromatic N) is 2. The van der Waals surface area contributed by atoms with Crippen LogP contribution < -0.4 is 15.0 Å². The highest BCUT2D eigenvalue weighted by atomic mass is 19.1. The molecule has 144 valence electrons. The van der Waals surface area contributed by atoms with Gasteiger partial charge in [-0.05, 0) is 18.2 Å². The molecule has 0 radical (unpaired) electrons. The predicted molar refractivity (Wildman–Crippen MR) is 105 cm³/mol. The van der Waals surface area contributed by atoms with Crippen LogP contribution in [-0.2, 0) is 11.3 Å². The lowest BCUT2D eigenvalue weighted by Crippen LogP contribution is -2.47. The molecule has 0 bridgehead atoms. The Labute approximate surface area is 159 Å². The van der Waals surface area contributed by atoms with Crippen molar-refractivity contribution in [3.8, 4) is 5.75 Å². The minimum atomic E-state index is -0.179. The third-order valence-electron chi connectivity index (χ3n) is 4.89. The smallest absolute Gasteiger partial charge is 0.221 e. The van der Waals surface area contributed by atoms with Crippen molar-refractivity contribution in [1.29, 1.82) is 0 Å². The van der Waals surface area contributed by atoms with Crippen molar-refractivity contribution in [2.75, 3.05) is 44.7 Å². The molecule has 0 atom stereocenters. The molecule has 0 aromatic heterocycles. The van der Waals surface area contributed by atoms with Crippen LogP contribution in [0, 0.1) is 5.82 Å². The van der Waals surface area contributed by atoms with Gasteiger partial charge in [0.05, 0.1) is 12.8 Å². The van der Waals surface area contributed by atoms with Crippen LogP contribution in [0.25, 0.3) is 0 Å². The Hall–Kier alpha value is -2.60. The average molecular weight is 371 g/mol. The highest BCUT2D eigenvalue weighted by molar-refractivity contribution is 5.76. The summed E-state index contributed by atoms with van der Waals surface area (Å²) in [6, 6.07) is 14.5. The van der Waals surface area contributed by atoms with Gasteiger partial charge in [0.15, 0.2) is 0 Å². The van der Waals surface area contributed by atoms with Crippen LogP contribution in [0.15, 0.2) is 48.5 Å². The molecule has 0 aliphatic carbocycles. The van der Waals surface area contributed by atoms with Gasteiger partial charge in [0, 0.05) is 51.3 Å². The maximum Gasteiger partial charge on any atom is 0.221 e. The van der Waals surface area contributed by atoms with Crippen molar-refractivity contribution < 1.29 is 13.9 Å². The number of carbonyl (C=O) groups is 1. The minimum Gasteiger partial charge on any atom is -0.496 e. The fraction of sp³-hybridized carbons (Fsp3) is 0.381. The summed E-state index contributed by atoms with van der Waals surface area (Å²) >= 11 is 0. The quantitative estimate of drug-likeness (QED) is 0.813. The maximum atomic E-state index is 13.9. The van der Waals surface area contributed by atoms with Gasteiger partial charge in [0.2, 0.25) is 5.91 Å². The zero-order chi connectivity index (χ0) is 19.1. The van der Waals surface area contributed by atoms with E-state index in [0.29, 0.717) is 25.2 Å². The van der Waals surface area contributed by atoms with E-state index in [9.17, 15) is 9.18 Å². The van der Waals surface area contributed by atoms with Crippen molar-refractivity contribution in [2.45, 2.75) is 13.0 Å². The molecule has 1 fully saturated rings. The molecule has 5 nitrogen and oxygen atoms in total. The van der Waals surface area contributed by atoms with E-state index in [1.165, 1.54) is 6.07 Å². The molecule has 1 N–H and O–H groups in total. The number of methoxy groups -OCH3 is 1. The van der Waals surface area contributed by atoms with Crippen molar-refractivity contribution >= 4 is 11.6 Å². The van der Waals surface area contributed by atoms with E-state index in [0.717, 1.165) is 37.5 Å². The van der Waals surface area contributed by atoms with Crippen LogP contribution in [0.3, 0.4) is 0 Å². The Kier molecular flexibility index (Phi) is 6.65. The molecule has 3 rings (SSSR count). The zero-order valence-corrected chi connectivity index (χ0v) is 15.7. The summed E-state index contributed by atoms with van der Waals surface area (Å²) in [5, 5.41) is 2.95. The second-order valence-electron chi connectivity index (χ2n) is 6.62. The summed E-state index contributed by atoms with van der Waals surface area (Å²) in [6.07, 6.45) is 0.453. The highest BCUT2D eigenvalue weighted by Gasteiger charge is 2.19. The number of rotatable bonds is 7. The van der Waals surface area contributed by atoms with E-state index < -0.39 is 0 Å². The third kappa shape index (κ3) is 5.20. The monoisotopic (exact) mass is 371 g/mol. The first kappa shape index (κ1) is 19.2. The first-order valence-corrected chi connectivity index (χ1v) is 9.28. The summed E-state index contributed by atoms with van der Waals surface area (Å²) in [5.41, 5.74) is 1.62. The fourth-order valence-corrected chi connectivity index (χ4v) is 3.31. The number of nitrogens with one attached hydrogen (secondary N) is 1. The van der Waals surface area contributed by atoms with Crippen molar-refractivity contribution in [3.05, 3.63) is 59.9 Å². The van der Waals surface area contributed by atoms with E-state index in [4.69, 9.17) is 4.74 Å². The number of amides is 1. The predicted octanol–water partition coefficient (Wildman–Crippen LogP) is 2.66. The molecule has 1 aliphatic heterocycles. The minimum absolute atomic E-state index is 0.0254. The number of halogens is 1. The number of hydrogen-bond donors (Lipinski definition) is 1. The molecule has 27 heavy (non-hydrogen) atoms. The van der Waals surface area contributed by atoms with Gasteiger partial charge < -0.3 is 15.0 Å². The molecule has 1 heterocycles. The molecule has 1 aliphatic rings. The topological polar surface area (TPSA) is 44.8 Å². The number of ether oxygens (including phenoxy) is 1. The van der Waals surface area contributed by atoms with Gasteiger partial charge in [0.1, 0.15) is 11.6 Å². The molecular formula is C21H26FN3O2. The number of hydrogen-bond acceptors (Lipinski definition) is 4. The Balaban J connectivity index is 1.40. The first-order valence-electron chi connectivity index (χ1n) is 9.28. The summed E-state index contributed by atoms with van der Waals surface area (Å²) in [5.74, 6) is 0.626. The Morgan fingerprint density at radius 2 is 1.78 bits per heavy atom. The second kappa shape index (κ2) is 9.37. The number of carbonyl (C=O) groups excluding carboxylic acids is 1. The van der Waals surface area contributed by atoms with Gasteiger partial charge >= 0.3 is 0 Å². The number of anilines is 1. The number of benzene rings is 2. The van der Waals surface area contributed by atoms with Crippen LogP contribution in [0.4, 0.5) is 10.1 Å². The molecule has 1 amide bonds. The summed E-state index contributed by atoms with van der Waals surface area (Å²) < 4.78 is 19.2. The van der Waals surface area contributed by atoms with Gasteiger partial charge in [-0.1, -0.05) is 30.3 Å². The maximum absolute atomic E-state index is 13.9. The van der Waals surface area contributed by atoms with E-state index >= 15 is 0 Å². The van der Waals surface area contributed by atoms with Gasteiger partial charge in [-0.2, -0.15) is 0 Å². The molecular weight excluding hydrogens is 345 g/mol. The molecule has 0 saturated carbocycles. The average Bonchev–Trinajstić information content (AvgIpc) is 2.71. The van der Waals surface area contributed by atoms with Crippen molar-refractivity contribution in [1.82, 2.24) is 10.2 Å². The van der Waals surface area contributed by atoms with Crippen LogP contribution in [0.2, 0.25) is 0 Å². The van der Waals surface area contributed by atoms with Crippen molar-refractivity contribution in [3.63, 3.8) is 0 Å². The molecule has 0 spiro atoms. The van der Waals surface area contributed by atoms with Crippen molar-refractivity contribution in [2.24, 2.45) is 0 Å². The van der Waals surface area contributed by atoms with Crippen LogP contribution in [0.5, 0.6) is 5.75 Å². The normalized spacial score (nSPS) is 14.8. The SMILES string of the molecule is COc1ccccc1CNC(=O)CCN1CCN(c2ccccc2F)CC1. The lowest BCUT2D eigenvalue weighted by atomic mass is 10.2. The highest BCUT2D eigenvalue weighted by Crippen LogP contribution is 2.20. The first-order chi connectivity index (χ1) is 13.2. The van der Waals surface area contributed by atoms with Gasteiger partial charge in [-0.25, -0.2) is 4.39 Å².